The zero-order chi connectivity index (χ0) is 30.5. The van der Waals surface area contributed by atoms with Gasteiger partial charge in [-0.25, -0.2) is 0 Å². The topological polar surface area (TPSA) is 3.24 Å². The number of hydrogen-bond acceptors (Lipinski definition) is 2. The molecule has 0 atom stereocenters. The lowest BCUT2D eigenvalue weighted by Crippen LogP contribution is -2.09. The van der Waals surface area contributed by atoms with Crippen molar-refractivity contribution in [1.82, 2.24) is 0 Å². The van der Waals surface area contributed by atoms with Crippen LogP contribution in [0.4, 0.5) is 17.1 Å². The van der Waals surface area contributed by atoms with Crippen LogP contribution in [0.5, 0.6) is 0 Å². The van der Waals surface area contributed by atoms with Gasteiger partial charge in [0, 0.05) is 37.2 Å². The van der Waals surface area contributed by atoms with E-state index >= 15 is 0 Å². The summed E-state index contributed by atoms with van der Waals surface area (Å²) in [5.41, 5.74) is 8.33. The molecule has 0 spiro atoms. The van der Waals surface area contributed by atoms with E-state index in [1.165, 1.54) is 64.0 Å². The normalized spacial score (nSPS) is 11.5. The quantitative estimate of drug-likeness (QED) is 0.189. The average molecular weight is 604 g/mol. The van der Waals surface area contributed by atoms with Crippen LogP contribution in [0.2, 0.25) is 0 Å². The number of thiophene rings is 1. The van der Waals surface area contributed by atoms with Crippen LogP contribution in [0.3, 0.4) is 0 Å². The highest BCUT2D eigenvalue weighted by Crippen LogP contribution is 2.41. The first-order chi connectivity index (χ1) is 22.8. The standard InChI is InChI=1S/C44H29NS/c1-2-10-38(11-3-1)45(40-24-25-42-41-12-6-7-13-43(41)46-44(42)29-40)39-22-20-31(21-23-39)34-17-15-32-16-19-36(28-37(32)27-34)35-18-14-30-8-4-5-9-33(30)26-35/h1-29H. The third-order valence-corrected chi connectivity index (χ3v) is 10.2. The Hall–Kier alpha value is -5.70. The van der Waals surface area contributed by atoms with Gasteiger partial charge >= 0.3 is 0 Å². The second-order valence-electron chi connectivity index (χ2n) is 11.8. The van der Waals surface area contributed by atoms with Crippen LogP contribution in [0, 0.1) is 0 Å². The SMILES string of the molecule is c1ccc(N(c2ccc(-c3ccc4ccc(-c5ccc6ccccc6c5)cc4c3)cc2)c2ccc3c(c2)sc2ccccc23)cc1. The Kier molecular flexibility index (Phi) is 6.40. The number of benzene rings is 8. The van der Waals surface area contributed by atoms with Gasteiger partial charge in [-0.15, -0.1) is 11.3 Å². The molecule has 0 amide bonds. The van der Waals surface area contributed by atoms with Crippen molar-refractivity contribution >= 4 is 70.1 Å². The van der Waals surface area contributed by atoms with Crippen molar-refractivity contribution in [3.8, 4) is 22.3 Å². The molecule has 0 saturated carbocycles. The lowest BCUT2D eigenvalue weighted by Gasteiger charge is -2.25. The molecule has 0 aliphatic heterocycles. The monoisotopic (exact) mass is 603 g/mol. The number of nitrogens with zero attached hydrogens (tertiary/aromatic N) is 1. The van der Waals surface area contributed by atoms with Crippen LogP contribution in [0.1, 0.15) is 0 Å². The van der Waals surface area contributed by atoms with Gasteiger partial charge in [0.2, 0.25) is 0 Å². The van der Waals surface area contributed by atoms with Crippen LogP contribution in [0.15, 0.2) is 176 Å². The highest BCUT2D eigenvalue weighted by Gasteiger charge is 2.15. The maximum absolute atomic E-state index is 2.35. The summed E-state index contributed by atoms with van der Waals surface area (Å²) in [6, 6.07) is 64.0. The molecule has 9 rings (SSSR count). The van der Waals surface area contributed by atoms with E-state index in [-0.39, 0.29) is 0 Å². The van der Waals surface area contributed by atoms with Crippen LogP contribution in [-0.4, -0.2) is 0 Å². The molecule has 9 aromatic rings. The van der Waals surface area contributed by atoms with Crippen LogP contribution < -0.4 is 4.90 Å². The van der Waals surface area contributed by atoms with Gasteiger partial charge in [-0.05, 0) is 104 Å². The Bertz CT molecular complexity index is 2530. The van der Waals surface area contributed by atoms with Crippen molar-refractivity contribution in [2.45, 2.75) is 0 Å². The third kappa shape index (κ3) is 4.72. The molecule has 1 nitrogen and oxygen atoms in total. The molecule has 1 heterocycles. The minimum absolute atomic E-state index is 1.13. The largest absolute Gasteiger partial charge is 0.310 e. The maximum Gasteiger partial charge on any atom is 0.0476 e. The van der Waals surface area contributed by atoms with Gasteiger partial charge < -0.3 is 4.90 Å². The van der Waals surface area contributed by atoms with Gasteiger partial charge in [0.05, 0.1) is 0 Å². The van der Waals surface area contributed by atoms with Gasteiger partial charge in [0.25, 0.3) is 0 Å². The highest BCUT2D eigenvalue weighted by molar-refractivity contribution is 7.25. The van der Waals surface area contributed by atoms with Gasteiger partial charge in [0.15, 0.2) is 0 Å². The third-order valence-electron chi connectivity index (χ3n) is 9.02. The molecule has 0 N–H and O–H groups in total. The molecule has 0 aliphatic carbocycles. The molecule has 0 unspecified atom stereocenters. The fourth-order valence-corrected chi connectivity index (χ4v) is 7.79. The van der Waals surface area contributed by atoms with E-state index in [1.54, 1.807) is 0 Å². The predicted octanol–water partition coefficient (Wildman–Crippen LogP) is 13.2. The molecule has 0 fully saturated rings. The molecule has 0 bridgehead atoms. The molecule has 0 aliphatic rings. The second-order valence-corrected chi connectivity index (χ2v) is 12.9. The maximum atomic E-state index is 2.35. The highest BCUT2D eigenvalue weighted by atomic mass is 32.1. The van der Waals surface area contributed by atoms with E-state index in [2.05, 4.69) is 181 Å². The number of hydrogen-bond donors (Lipinski definition) is 0. The van der Waals surface area contributed by atoms with Gasteiger partial charge in [0.1, 0.15) is 0 Å². The summed E-state index contributed by atoms with van der Waals surface area (Å²) < 4.78 is 2.63. The van der Waals surface area contributed by atoms with Crippen LogP contribution in [0.25, 0.3) is 64.0 Å². The van der Waals surface area contributed by atoms with E-state index in [1.807, 2.05) is 11.3 Å². The lowest BCUT2D eigenvalue weighted by molar-refractivity contribution is 1.29. The second kappa shape index (κ2) is 11.0. The smallest absolute Gasteiger partial charge is 0.0476 e. The van der Waals surface area contributed by atoms with E-state index in [9.17, 15) is 0 Å². The first kappa shape index (κ1) is 26.7. The zero-order valence-corrected chi connectivity index (χ0v) is 25.9. The molecule has 0 saturated heterocycles. The molecule has 216 valence electrons. The van der Waals surface area contributed by atoms with E-state index in [4.69, 9.17) is 0 Å². The summed E-state index contributed by atoms with van der Waals surface area (Å²) in [6.45, 7) is 0. The van der Waals surface area contributed by atoms with Gasteiger partial charge in [-0.2, -0.15) is 0 Å². The summed E-state index contributed by atoms with van der Waals surface area (Å²) in [7, 11) is 0. The molecule has 2 heteroatoms. The number of rotatable bonds is 5. The number of fused-ring (bicyclic) bond motifs is 5. The minimum atomic E-state index is 1.13. The van der Waals surface area contributed by atoms with Crippen molar-refractivity contribution in [2.24, 2.45) is 0 Å². The number of anilines is 3. The van der Waals surface area contributed by atoms with Crippen LogP contribution in [-0.2, 0) is 0 Å². The first-order valence-electron chi connectivity index (χ1n) is 15.7. The van der Waals surface area contributed by atoms with Crippen molar-refractivity contribution < 1.29 is 0 Å². The molecule has 0 radical (unpaired) electrons. The summed E-state index contributed by atoms with van der Waals surface area (Å²) >= 11 is 1.86. The Labute approximate surface area is 272 Å². The molecule has 8 aromatic carbocycles. The van der Waals surface area contributed by atoms with E-state index in [0.29, 0.717) is 0 Å². The summed E-state index contributed by atoms with van der Waals surface area (Å²) in [4.78, 5) is 2.35. The van der Waals surface area contributed by atoms with Crippen molar-refractivity contribution in [2.75, 3.05) is 4.90 Å². The summed E-state index contributed by atoms with van der Waals surface area (Å²) in [6.07, 6.45) is 0. The fourth-order valence-electron chi connectivity index (χ4n) is 6.66. The fraction of sp³-hybridized carbons (Fsp3) is 0. The summed E-state index contributed by atoms with van der Waals surface area (Å²) in [5.74, 6) is 0. The molecular formula is C44H29NS. The Balaban J connectivity index is 1.08. The lowest BCUT2D eigenvalue weighted by atomic mass is 9.96. The summed E-state index contributed by atoms with van der Waals surface area (Å²) in [5, 5.41) is 7.66. The van der Waals surface area contributed by atoms with Gasteiger partial charge in [-0.1, -0.05) is 115 Å². The Morgan fingerprint density at radius 2 is 0.826 bits per heavy atom. The average Bonchev–Trinajstić information content (AvgIpc) is 3.50. The molecule has 46 heavy (non-hydrogen) atoms. The predicted molar refractivity (Wildman–Crippen MR) is 200 cm³/mol. The Morgan fingerprint density at radius 1 is 0.304 bits per heavy atom. The van der Waals surface area contributed by atoms with E-state index < -0.39 is 0 Å². The number of para-hydroxylation sites is 1. The molecular weight excluding hydrogens is 575 g/mol. The van der Waals surface area contributed by atoms with Crippen molar-refractivity contribution in [3.63, 3.8) is 0 Å². The zero-order valence-electron chi connectivity index (χ0n) is 25.1. The van der Waals surface area contributed by atoms with Crippen molar-refractivity contribution in [1.29, 1.82) is 0 Å². The Morgan fingerprint density at radius 3 is 1.59 bits per heavy atom. The van der Waals surface area contributed by atoms with Gasteiger partial charge in [-0.3, -0.25) is 0 Å². The first-order valence-corrected chi connectivity index (χ1v) is 16.5. The van der Waals surface area contributed by atoms with Crippen molar-refractivity contribution in [3.05, 3.63) is 176 Å². The van der Waals surface area contributed by atoms with Crippen LogP contribution >= 0.6 is 11.3 Å². The molecule has 1 aromatic heterocycles. The minimum Gasteiger partial charge on any atom is -0.310 e. The van der Waals surface area contributed by atoms with E-state index in [0.717, 1.165) is 17.1 Å².